The summed E-state index contributed by atoms with van der Waals surface area (Å²) in [4.78, 5) is 34.3. The Morgan fingerprint density at radius 3 is 2.24 bits per heavy atom. The largest absolute Gasteiger partial charge is 0.480 e. The predicted molar refractivity (Wildman–Crippen MR) is 61.2 cm³/mol. The topological polar surface area (TPSA) is 113 Å². The van der Waals surface area contributed by atoms with Crippen LogP contribution in [0.5, 0.6) is 0 Å². The average Bonchev–Trinajstić information content (AvgIpc) is 2.14. The van der Waals surface area contributed by atoms with E-state index in [4.69, 9.17) is 10.8 Å². The van der Waals surface area contributed by atoms with E-state index in [0.29, 0.717) is 6.54 Å². The lowest BCUT2D eigenvalue weighted by Crippen LogP contribution is -2.48. The SMILES string of the molecule is CC(C)CN(C)C(=O)NC(CC(N)=O)C(=O)O. The van der Waals surface area contributed by atoms with Gasteiger partial charge >= 0.3 is 12.0 Å². The highest BCUT2D eigenvalue weighted by Gasteiger charge is 2.23. The van der Waals surface area contributed by atoms with Crippen LogP contribution < -0.4 is 11.1 Å². The monoisotopic (exact) mass is 245 g/mol. The van der Waals surface area contributed by atoms with Gasteiger partial charge in [0.15, 0.2) is 0 Å². The van der Waals surface area contributed by atoms with Crippen molar-refractivity contribution in [1.82, 2.24) is 10.2 Å². The van der Waals surface area contributed by atoms with E-state index >= 15 is 0 Å². The van der Waals surface area contributed by atoms with Crippen LogP contribution in [0.3, 0.4) is 0 Å². The quantitative estimate of drug-likeness (QED) is 0.591. The van der Waals surface area contributed by atoms with Gasteiger partial charge in [-0.15, -0.1) is 0 Å². The van der Waals surface area contributed by atoms with Gasteiger partial charge in [-0.25, -0.2) is 9.59 Å². The van der Waals surface area contributed by atoms with Gasteiger partial charge in [0.05, 0.1) is 6.42 Å². The average molecular weight is 245 g/mol. The van der Waals surface area contributed by atoms with E-state index in [1.54, 1.807) is 7.05 Å². The molecule has 17 heavy (non-hydrogen) atoms. The molecule has 7 heteroatoms. The molecule has 4 N–H and O–H groups in total. The standard InChI is InChI=1S/C10H19N3O4/c1-6(2)5-13(3)10(17)12-7(9(15)16)4-8(11)14/h6-7H,4-5H2,1-3H3,(H2,11,14)(H,12,17)(H,15,16). The molecule has 0 aromatic carbocycles. The van der Waals surface area contributed by atoms with Gasteiger partial charge in [-0.3, -0.25) is 4.79 Å². The molecule has 0 aliphatic carbocycles. The van der Waals surface area contributed by atoms with Crippen molar-refractivity contribution in [2.75, 3.05) is 13.6 Å². The van der Waals surface area contributed by atoms with Crippen molar-refractivity contribution in [3.8, 4) is 0 Å². The number of primary amides is 1. The van der Waals surface area contributed by atoms with Crippen LogP contribution in [-0.2, 0) is 9.59 Å². The molecule has 3 amide bonds. The Morgan fingerprint density at radius 1 is 1.35 bits per heavy atom. The summed E-state index contributed by atoms with van der Waals surface area (Å²) in [6.07, 6.45) is -0.420. The summed E-state index contributed by atoms with van der Waals surface area (Å²) in [6.45, 7) is 4.36. The third-order valence-electron chi connectivity index (χ3n) is 1.99. The first-order valence-corrected chi connectivity index (χ1v) is 5.26. The van der Waals surface area contributed by atoms with Crippen molar-refractivity contribution < 1.29 is 19.5 Å². The summed E-state index contributed by atoms with van der Waals surface area (Å²) in [7, 11) is 1.55. The first-order valence-electron chi connectivity index (χ1n) is 5.26. The summed E-state index contributed by atoms with van der Waals surface area (Å²) in [6, 6.07) is -1.82. The van der Waals surface area contributed by atoms with Crippen LogP contribution in [-0.4, -0.2) is 47.5 Å². The van der Waals surface area contributed by atoms with E-state index in [0.717, 1.165) is 0 Å². The second-order valence-electron chi connectivity index (χ2n) is 4.29. The second kappa shape index (κ2) is 6.72. The Hall–Kier alpha value is -1.79. The summed E-state index contributed by atoms with van der Waals surface area (Å²) in [5.41, 5.74) is 4.90. The minimum Gasteiger partial charge on any atom is -0.480 e. The molecule has 1 atom stereocenters. The van der Waals surface area contributed by atoms with Crippen molar-refractivity contribution in [3.05, 3.63) is 0 Å². The molecule has 0 aromatic rings. The fourth-order valence-corrected chi connectivity index (χ4v) is 1.29. The Morgan fingerprint density at radius 2 is 1.88 bits per heavy atom. The highest BCUT2D eigenvalue weighted by Crippen LogP contribution is 1.98. The molecular formula is C10H19N3O4. The van der Waals surface area contributed by atoms with Crippen molar-refractivity contribution in [3.63, 3.8) is 0 Å². The molecule has 0 rings (SSSR count). The number of carboxylic acids is 1. The van der Waals surface area contributed by atoms with Gasteiger partial charge in [-0.1, -0.05) is 13.8 Å². The third kappa shape index (κ3) is 6.39. The zero-order chi connectivity index (χ0) is 13.6. The molecule has 0 saturated carbocycles. The normalized spacial score (nSPS) is 12.0. The van der Waals surface area contributed by atoms with E-state index < -0.39 is 30.4 Å². The first kappa shape index (κ1) is 15.2. The number of nitrogens with zero attached hydrogens (tertiary/aromatic N) is 1. The molecule has 7 nitrogen and oxygen atoms in total. The Bertz CT molecular complexity index is 304. The molecule has 0 aliphatic rings. The number of rotatable bonds is 6. The number of aliphatic carboxylic acids is 1. The molecule has 0 bridgehead atoms. The van der Waals surface area contributed by atoms with E-state index in [1.807, 2.05) is 13.8 Å². The molecule has 0 saturated heterocycles. The fraction of sp³-hybridized carbons (Fsp3) is 0.700. The lowest BCUT2D eigenvalue weighted by molar-refractivity contribution is -0.140. The molecule has 0 fully saturated rings. The molecule has 1 unspecified atom stereocenters. The number of carbonyl (C=O) groups excluding carboxylic acids is 2. The van der Waals surface area contributed by atoms with E-state index in [2.05, 4.69) is 5.32 Å². The van der Waals surface area contributed by atoms with Crippen molar-refractivity contribution in [2.45, 2.75) is 26.3 Å². The molecule has 0 spiro atoms. The predicted octanol–water partition coefficient (Wildman–Crippen LogP) is -0.388. The maximum absolute atomic E-state index is 11.6. The van der Waals surface area contributed by atoms with Gasteiger partial charge in [-0.2, -0.15) is 0 Å². The molecule has 0 aromatic heterocycles. The van der Waals surface area contributed by atoms with Crippen LogP contribution >= 0.6 is 0 Å². The van der Waals surface area contributed by atoms with Crippen LogP contribution in [0, 0.1) is 5.92 Å². The van der Waals surface area contributed by atoms with Crippen molar-refractivity contribution in [2.24, 2.45) is 11.7 Å². The summed E-state index contributed by atoms with van der Waals surface area (Å²) in [5.74, 6) is -1.79. The molecular weight excluding hydrogens is 226 g/mol. The highest BCUT2D eigenvalue weighted by atomic mass is 16.4. The Kier molecular flexibility index (Phi) is 6.01. The number of nitrogens with two attached hydrogens (primary N) is 1. The molecule has 0 heterocycles. The fourth-order valence-electron chi connectivity index (χ4n) is 1.29. The number of amides is 3. The van der Waals surface area contributed by atoms with Crippen LogP contribution in [0.15, 0.2) is 0 Å². The number of hydrogen-bond donors (Lipinski definition) is 3. The van der Waals surface area contributed by atoms with Gasteiger partial charge in [0.25, 0.3) is 0 Å². The lowest BCUT2D eigenvalue weighted by Gasteiger charge is -2.22. The van der Waals surface area contributed by atoms with E-state index in [9.17, 15) is 14.4 Å². The van der Waals surface area contributed by atoms with Crippen LogP contribution in [0.1, 0.15) is 20.3 Å². The maximum atomic E-state index is 11.6. The zero-order valence-corrected chi connectivity index (χ0v) is 10.3. The summed E-state index contributed by atoms with van der Waals surface area (Å²) < 4.78 is 0. The van der Waals surface area contributed by atoms with Gasteiger partial charge < -0.3 is 21.1 Å². The number of carboxylic acid groups (broad SMARTS) is 1. The third-order valence-corrected chi connectivity index (χ3v) is 1.99. The Labute approximate surface area is 100.0 Å². The Balaban J connectivity index is 4.39. The van der Waals surface area contributed by atoms with Crippen LogP contribution in [0.2, 0.25) is 0 Å². The smallest absolute Gasteiger partial charge is 0.326 e. The first-order chi connectivity index (χ1) is 7.73. The van der Waals surface area contributed by atoms with E-state index in [-0.39, 0.29) is 5.92 Å². The second-order valence-corrected chi connectivity index (χ2v) is 4.29. The molecule has 98 valence electrons. The van der Waals surface area contributed by atoms with Gasteiger partial charge in [0, 0.05) is 13.6 Å². The number of carbonyl (C=O) groups is 3. The van der Waals surface area contributed by atoms with Crippen LogP contribution in [0.4, 0.5) is 4.79 Å². The van der Waals surface area contributed by atoms with Crippen LogP contribution in [0.25, 0.3) is 0 Å². The number of urea groups is 1. The number of hydrogen-bond acceptors (Lipinski definition) is 3. The van der Waals surface area contributed by atoms with Crippen molar-refractivity contribution >= 4 is 17.9 Å². The van der Waals surface area contributed by atoms with Gasteiger partial charge in [-0.05, 0) is 5.92 Å². The minimum atomic E-state index is -1.28. The number of nitrogens with one attached hydrogen (secondary N) is 1. The highest BCUT2D eigenvalue weighted by molar-refractivity contribution is 5.87. The maximum Gasteiger partial charge on any atom is 0.326 e. The van der Waals surface area contributed by atoms with Crippen molar-refractivity contribution in [1.29, 1.82) is 0 Å². The summed E-state index contributed by atoms with van der Waals surface area (Å²) in [5, 5.41) is 11.0. The zero-order valence-electron chi connectivity index (χ0n) is 10.3. The lowest BCUT2D eigenvalue weighted by atomic mass is 10.2. The summed E-state index contributed by atoms with van der Waals surface area (Å²) >= 11 is 0. The van der Waals surface area contributed by atoms with Gasteiger partial charge in [0.2, 0.25) is 5.91 Å². The molecule has 0 radical (unpaired) electrons. The van der Waals surface area contributed by atoms with Gasteiger partial charge in [0.1, 0.15) is 6.04 Å². The van der Waals surface area contributed by atoms with E-state index in [1.165, 1.54) is 4.90 Å². The minimum absolute atomic E-state index is 0.269. The molecule has 0 aliphatic heterocycles.